The first kappa shape index (κ1) is 16.5. The van der Waals surface area contributed by atoms with Crippen molar-refractivity contribution in [1.29, 1.82) is 0 Å². The highest BCUT2D eigenvalue weighted by Crippen LogP contribution is 2.29. The topological polar surface area (TPSA) is 72.2 Å². The van der Waals surface area contributed by atoms with Crippen LogP contribution in [0.25, 0.3) is 11.2 Å². The Morgan fingerprint density at radius 2 is 2.19 bits per heavy atom. The summed E-state index contributed by atoms with van der Waals surface area (Å²) in [7, 11) is 0. The number of ether oxygens (including phenoxy) is 1. The summed E-state index contributed by atoms with van der Waals surface area (Å²) in [5.74, 6) is 0. The number of hydrogen-bond donors (Lipinski definition) is 2. The van der Waals surface area contributed by atoms with Crippen molar-refractivity contribution in [3.05, 3.63) is 23.7 Å². The third-order valence-electron chi connectivity index (χ3n) is 5.14. The van der Waals surface area contributed by atoms with Crippen LogP contribution in [0.4, 0.5) is 0 Å². The fourth-order valence-electron chi connectivity index (χ4n) is 3.79. The first-order valence-electron chi connectivity index (χ1n) is 11.3. The quantitative estimate of drug-likeness (QED) is 0.856. The van der Waals surface area contributed by atoms with Gasteiger partial charge < -0.3 is 19.7 Å². The van der Waals surface area contributed by atoms with E-state index < -0.39 is 6.98 Å². The summed E-state index contributed by atoms with van der Waals surface area (Å²) in [6.45, 7) is 7.55. The van der Waals surface area contributed by atoms with Crippen molar-refractivity contribution < 1.29 is 14.0 Å². The molecule has 1 saturated heterocycles. The molecule has 0 radical (unpaired) electrons. The fourth-order valence-corrected chi connectivity index (χ4v) is 3.79. The number of aryl methyl sites for hydroxylation is 1. The van der Waals surface area contributed by atoms with Crippen LogP contribution < -0.4 is 5.32 Å². The van der Waals surface area contributed by atoms with E-state index in [1.54, 1.807) is 6.20 Å². The van der Waals surface area contributed by atoms with Crippen LogP contribution in [0.15, 0.2) is 12.3 Å². The van der Waals surface area contributed by atoms with Gasteiger partial charge in [-0.1, -0.05) is 20.8 Å². The molecule has 0 spiro atoms. The van der Waals surface area contributed by atoms with Crippen molar-refractivity contribution in [3.63, 3.8) is 0 Å². The van der Waals surface area contributed by atoms with Crippen molar-refractivity contribution in [2.75, 3.05) is 6.61 Å². The van der Waals surface area contributed by atoms with Crippen LogP contribution in [-0.2, 0) is 17.1 Å². The van der Waals surface area contributed by atoms with Crippen LogP contribution in [0.3, 0.4) is 0 Å². The highest BCUT2D eigenvalue weighted by molar-refractivity contribution is 5.73. The predicted octanol–water partition coefficient (Wildman–Crippen LogP) is 3.23. The molecule has 3 atom stereocenters. The summed E-state index contributed by atoms with van der Waals surface area (Å²) in [6, 6.07) is 1.48. The molecule has 0 bridgehead atoms. The van der Waals surface area contributed by atoms with Crippen molar-refractivity contribution in [2.45, 2.75) is 83.6 Å². The second-order valence-electron chi connectivity index (χ2n) is 8.78. The highest BCUT2D eigenvalue weighted by Gasteiger charge is 2.30. The molecule has 0 aromatic carbocycles. The first-order valence-corrected chi connectivity index (χ1v) is 9.83. The van der Waals surface area contributed by atoms with Crippen LogP contribution in [0, 0.1) is 0 Å². The molecule has 2 N–H and O–H groups in total. The Morgan fingerprint density at radius 3 is 2.81 bits per heavy atom. The Labute approximate surface area is 166 Å². The third-order valence-corrected chi connectivity index (χ3v) is 5.14. The molecule has 2 aromatic heterocycles. The zero-order valence-electron chi connectivity index (χ0n) is 20.0. The van der Waals surface area contributed by atoms with E-state index in [1.165, 1.54) is 4.57 Å². The average molecular weight is 378 g/mol. The maximum Gasteiger partial charge on any atom is 0.158 e. The van der Waals surface area contributed by atoms with E-state index >= 15 is 0 Å². The van der Waals surface area contributed by atoms with Gasteiger partial charge in [0.2, 0.25) is 0 Å². The number of nitrogens with zero attached hydrogens (tertiary/aromatic N) is 3. The van der Waals surface area contributed by atoms with Gasteiger partial charge in [-0.25, -0.2) is 4.98 Å². The van der Waals surface area contributed by atoms with Gasteiger partial charge >= 0.3 is 0 Å². The molecule has 0 saturated carbocycles. The number of rotatable bonds is 4. The maximum atomic E-state index is 9.92. The molecule has 0 amide bonds. The van der Waals surface area contributed by atoms with E-state index in [0.717, 1.165) is 19.3 Å². The molecule has 27 heavy (non-hydrogen) atoms. The lowest BCUT2D eigenvalue weighted by atomic mass is 9.92. The van der Waals surface area contributed by atoms with Gasteiger partial charge in [-0.05, 0) is 39.2 Å². The minimum atomic E-state index is -2.35. The van der Waals surface area contributed by atoms with Gasteiger partial charge in [-0.15, -0.1) is 0 Å². The molecule has 1 unspecified atom stereocenters. The fraction of sp³-hybridized carbons (Fsp3) is 0.714. The number of hydrogen-bond acceptors (Lipinski definition) is 5. The van der Waals surface area contributed by atoms with Crippen molar-refractivity contribution in [1.82, 2.24) is 19.9 Å². The average Bonchev–Trinajstić information content (AvgIpc) is 2.92. The number of aliphatic hydroxyl groups is 1. The molecule has 150 valence electrons. The first-order chi connectivity index (χ1) is 13.9. The molecule has 2 aromatic rings. The summed E-state index contributed by atoms with van der Waals surface area (Å²) >= 11 is 0. The van der Waals surface area contributed by atoms with Crippen molar-refractivity contribution in [3.8, 4) is 0 Å². The van der Waals surface area contributed by atoms with Gasteiger partial charge in [0.1, 0.15) is 5.52 Å². The minimum absolute atomic E-state index is 0.0383. The monoisotopic (exact) mass is 377 g/mol. The molecule has 1 fully saturated rings. The van der Waals surface area contributed by atoms with Crippen LogP contribution in [-0.4, -0.2) is 44.5 Å². The van der Waals surface area contributed by atoms with Crippen LogP contribution in [0.1, 0.15) is 75.4 Å². The number of aromatic nitrogens is 3. The lowest BCUT2D eigenvalue weighted by Crippen LogP contribution is -2.45. The van der Waals surface area contributed by atoms with Gasteiger partial charge in [-0.2, -0.15) is 0 Å². The normalized spacial score (nSPS) is 26.6. The summed E-state index contributed by atoms with van der Waals surface area (Å²) < 4.78 is 31.5. The molecular weight excluding hydrogens is 340 g/mol. The Kier molecular flexibility index (Phi) is 4.79. The maximum absolute atomic E-state index is 9.92. The third kappa shape index (κ3) is 4.33. The van der Waals surface area contributed by atoms with Crippen LogP contribution in [0.5, 0.6) is 0 Å². The van der Waals surface area contributed by atoms with Crippen LogP contribution in [0.2, 0.25) is 0 Å². The Morgan fingerprint density at radius 1 is 1.41 bits per heavy atom. The highest BCUT2D eigenvalue weighted by atomic mass is 16.5. The number of nitrogens with one attached hydrogen (secondary N) is 1. The Hall–Kier alpha value is -1.50. The van der Waals surface area contributed by atoms with E-state index in [1.807, 2.05) is 40.7 Å². The smallest absolute Gasteiger partial charge is 0.158 e. The van der Waals surface area contributed by atoms with Gasteiger partial charge in [0.25, 0.3) is 0 Å². The second kappa shape index (κ2) is 7.86. The number of aliphatic hydroxyl groups excluding tert-OH is 1. The van der Waals surface area contributed by atoms with E-state index in [0.29, 0.717) is 22.6 Å². The molecule has 1 aliphatic heterocycles. The molecule has 0 aliphatic carbocycles. The summed E-state index contributed by atoms with van der Waals surface area (Å²) in [4.78, 5) is 9.30. The van der Waals surface area contributed by atoms with E-state index in [-0.39, 0.29) is 36.3 Å². The van der Waals surface area contributed by atoms with E-state index in [2.05, 4.69) is 10.3 Å². The predicted molar refractivity (Wildman–Crippen MR) is 108 cm³/mol. The van der Waals surface area contributed by atoms with E-state index in [9.17, 15) is 5.11 Å². The summed E-state index contributed by atoms with van der Waals surface area (Å²) in [5.41, 5.74) is 1.96. The van der Waals surface area contributed by atoms with Crippen molar-refractivity contribution >= 4 is 11.2 Å². The molecular formula is C21H34N4O2. The van der Waals surface area contributed by atoms with Gasteiger partial charge in [-0.3, -0.25) is 4.98 Å². The number of fused-ring (bicyclic) bond motifs is 1. The van der Waals surface area contributed by atoms with Gasteiger partial charge in [0.05, 0.1) is 42.8 Å². The molecule has 6 nitrogen and oxygen atoms in total. The second-order valence-corrected chi connectivity index (χ2v) is 8.78. The molecule has 1 aliphatic rings. The minimum Gasteiger partial charge on any atom is -0.395 e. The van der Waals surface area contributed by atoms with Crippen LogP contribution >= 0.6 is 0 Å². The van der Waals surface area contributed by atoms with Gasteiger partial charge in [0, 0.05) is 22.2 Å². The molecule has 6 heteroatoms. The standard InChI is InChI=1S/C21H34N4O2/c1-13(2)27-18-9-7-8-14(23-17(18)12-26)16-11-22-15-10-19(21(3,4)5)25(6)20(15)24-16/h10-11,13-14,17-18,23,26H,7-9,12H2,1-6H3/t14?,17-,18+/m0/s1/i6D3. The SMILES string of the molecule is [2H]C([2H])([2H])n1c(C(C)(C)C)cc2ncc(C3CCC[C@@H](OC(C)C)[C@H](CO)N3)nc21. The summed E-state index contributed by atoms with van der Waals surface area (Å²) in [5, 5.41) is 13.4. The molecule has 3 rings (SSSR count). The molecule has 3 heterocycles. The lowest BCUT2D eigenvalue weighted by molar-refractivity contribution is -0.0268. The van der Waals surface area contributed by atoms with E-state index in [4.69, 9.17) is 13.8 Å². The summed E-state index contributed by atoms with van der Waals surface area (Å²) in [6.07, 6.45) is 4.30. The zero-order valence-corrected chi connectivity index (χ0v) is 17.0. The Bertz CT molecular complexity index is 873. The lowest BCUT2D eigenvalue weighted by Gasteiger charge is -2.28. The van der Waals surface area contributed by atoms with Crippen molar-refractivity contribution in [2.24, 2.45) is 6.98 Å². The Balaban J connectivity index is 2.00. The van der Waals surface area contributed by atoms with Gasteiger partial charge in [0.15, 0.2) is 5.65 Å². The largest absolute Gasteiger partial charge is 0.395 e. The zero-order chi connectivity index (χ0) is 22.3.